The molecule has 0 bridgehead atoms. The van der Waals surface area contributed by atoms with Crippen LogP contribution in [0.2, 0.25) is 0 Å². The Kier molecular flexibility index (Phi) is 2.97. The summed E-state index contributed by atoms with van der Waals surface area (Å²) in [7, 11) is 0. The van der Waals surface area contributed by atoms with Crippen molar-refractivity contribution in [3.05, 3.63) is 35.4 Å². The molecule has 0 aliphatic carbocycles. The molecule has 3 heteroatoms. The maximum atomic E-state index is 10.8. The van der Waals surface area contributed by atoms with Crippen LogP contribution in [0.4, 0.5) is 0 Å². The van der Waals surface area contributed by atoms with E-state index in [9.17, 15) is 4.79 Å². The topological polar surface area (TPSA) is 17.1 Å². The summed E-state index contributed by atoms with van der Waals surface area (Å²) in [4.78, 5) is 10.8. The fraction of sp³-hybridized carbons (Fsp3) is 0.125. The Morgan fingerprint density at radius 1 is 1.45 bits per heavy atom. The molecule has 1 rings (SSSR count). The first-order chi connectivity index (χ1) is 5.25. The normalized spacial score (nSPS) is 9.64. The maximum absolute atomic E-state index is 10.8. The summed E-state index contributed by atoms with van der Waals surface area (Å²) in [5, 5.41) is -0.422. The Labute approximate surface area is 75.8 Å². The van der Waals surface area contributed by atoms with Gasteiger partial charge in [0, 0.05) is 11.3 Å². The SMILES string of the molecule is O=C(Cl)c1ccccc1CS. The zero-order valence-corrected chi connectivity index (χ0v) is 7.40. The minimum atomic E-state index is -0.422. The molecule has 1 aromatic rings. The number of benzene rings is 1. The van der Waals surface area contributed by atoms with Gasteiger partial charge in [0.05, 0.1) is 0 Å². The van der Waals surface area contributed by atoms with Crippen molar-refractivity contribution in [2.45, 2.75) is 5.75 Å². The van der Waals surface area contributed by atoms with Crippen LogP contribution in [-0.4, -0.2) is 5.24 Å². The molecule has 0 atom stereocenters. The van der Waals surface area contributed by atoms with Crippen LogP contribution >= 0.6 is 24.2 Å². The van der Waals surface area contributed by atoms with Gasteiger partial charge in [0.1, 0.15) is 0 Å². The van der Waals surface area contributed by atoms with E-state index in [0.29, 0.717) is 11.3 Å². The smallest absolute Gasteiger partial charge is 0.252 e. The monoisotopic (exact) mass is 186 g/mol. The molecule has 1 nitrogen and oxygen atoms in total. The van der Waals surface area contributed by atoms with E-state index in [1.165, 1.54) is 0 Å². The number of hydrogen-bond acceptors (Lipinski definition) is 2. The predicted octanol–water partition coefficient (Wildman–Crippen LogP) is 2.50. The summed E-state index contributed by atoms with van der Waals surface area (Å²) in [6.07, 6.45) is 0. The Morgan fingerprint density at radius 2 is 2.09 bits per heavy atom. The molecular formula is C8H7ClOS. The third kappa shape index (κ3) is 1.98. The molecule has 0 saturated heterocycles. The van der Waals surface area contributed by atoms with Crippen LogP contribution in [0.25, 0.3) is 0 Å². The van der Waals surface area contributed by atoms with Gasteiger partial charge >= 0.3 is 0 Å². The molecule has 0 radical (unpaired) electrons. The summed E-state index contributed by atoms with van der Waals surface area (Å²) in [6, 6.07) is 7.17. The Hall–Kier alpha value is -0.470. The van der Waals surface area contributed by atoms with Gasteiger partial charge in [0.2, 0.25) is 0 Å². The lowest BCUT2D eigenvalue weighted by molar-refractivity contribution is 0.108. The average molecular weight is 187 g/mol. The van der Waals surface area contributed by atoms with Crippen LogP contribution in [0.5, 0.6) is 0 Å². The Balaban J connectivity index is 3.12. The lowest BCUT2D eigenvalue weighted by Crippen LogP contribution is -1.93. The number of carbonyl (C=O) groups is 1. The first kappa shape index (κ1) is 8.62. The van der Waals surface area contributed by atoms with Crippen LogP contribution in [0, 0.1) is 0 Å². The number of hydrogen-bond donors (Lipinski definition) is 1. The van der Waals surface area contributed by atoms with Crippen LogP contribution in [-0.2, 0) is 5.75 Å². The fourth-order valence-corrected chi connectivity index (χ4v) is 1.31. The molecule has 0 aromatic heterocycles. The van der Waals surface area contributed by atoms with Gasteiger partial charge in [-0.1, -0.05) is 18.2 Å². The molecular weight excluding hydrogens is 180 g/mol. The van der Waals surface area contributed by atoms with Crippen molar-refractivity contribution in [3.63, 3.8) is 0 Å². The van der Waals surface area contributed by atoms with E-state index in [-0.39, 0.29) is 0 Å². The Morgan fingerprint density at radius 3 is 2.55 bits per heavy atom. The van der Waals surface area contributed by atoms with Gasteiger partial charge in [-0.05, 0) is 23.2 Å². The number of rotatable bonds is 2. The quantitative estimate of drug-likeness (QED) is 0.555. The third-order valence-electron chi connectivity index (χ3n) is 1.40. The minimum Gasteiger partial charge on any atom is -0.276 e. The van der Waals surface area contributed by atoms with Crippen LogP contribution in [0.3, 0.4) is 0 Å². The molecule has 0 heterocycles. The van der Waals surface area contributed by atoms with E-state index in [1.807, 2.05) is 12.1 Å². The maximum Gasteiger partial charge on any atom is 0.252 e. The molecule has 0 unspecified atom stereocenters. The lowest BCUT2D eigenvalue weighted by Gasteiger charge is -1.99. The Bertz CT molecular complexity index is 273. The van der Waals surface area contributed by atoms with Gasteiger partial charge in [0.15, 0.2) is 0 Å². The number of carbonyl (C=O) groups excluding carboxylic acids is 1. The van der Waals surface area contributed by atoms with E-state index in [2.05, 4.69) is 12.6 Å². The molecule has 0 aliphatic heterocycles. The molecule has 1 aromatic carbocycles. The van der Waals surface area contributed by atoms with E-state index < -0.39 is 5.24 Å². The summed E-state index contributed by atoms with van der Waals surface area (Å²) in [6.45, 7) is 0. The zero-order valence-electron chi connectivity index (χ0n) is 5.75. The highest BCUT2D eigenvalue weighted by atomic mass is 35.5. The number of halogens is 1. The van der Waals surface area contributed by atoms with Crippen LogP contribution < -0.4 is 0 Å². The summed E-state index contributed by atoms with van der Waals surface area (Å²) < 4.78 is 0. The van der Waals surface area contributed by atoms with E-state index in [4.69, 9.17) is 11.6 Å². The highest BCUT2D eigenvalue weighted by Crippen LogP contribution is 2.12. The summed E-state index contributed by atoms with van der Waals surface area (Å²) >= 11 is 9.38. The van der Waals surface area contributed by atoms with Crippen molar-refractivity contribution >= 4 is 29.5 Å². The lowest BCUT2D eigenvalue weighted by atomic mass is 10.1. The first-order valence-corrected chi connectivity index (χ1v) is 4.15. The van der Waals surface area contributed by atoms with Gasteiger partial charge in [-0.2, -0.15) is 12.6 Å². The standard InChI is InChI=1S/C8H7ClOS/c9-8(10)7-4-2-1-3-6(7)5-11/h1-4,11H,5H2. The van der Waals surface area contributed by atoms with E-state index in [1.54, 1.807) is 12.1 Å². The molecule has 58 valence electrons. The van der Waals surface area contributed by atoms with Crippen molar-refractivity contribution in [2.24, 2.45) is 0 Å². The van der Waals surface area contributed by atoms with Gasteiger partial charge < -0.3 is 0 Å². The van der Waals surface area contributed by atoms with Crippen LogP contribution in [0.1, 0.15) is 15.9 Å². The molecule has 0 spiro atoms. The fourth-order valence-electron chi connectivity index (χ4n) is 0.850. The van der Waals surface area contributed by atoms with Gasteiger partial charge in [-0.3, -0.25) is 4.79 Å². The highest BCUT2D eigenvalue weighted by molar-refractivity contribution is 7.79. The second kappa shape index (κ2) is 3.79. The highest BCUT2D eigenvalue weighted by Gasteiger charge is 2.05. The molecule has 0 fully saturated rings. The van der Waals surface area contributed by atoms with Gasteiger partial charge in [-0.15, -0.1) is 0 Å². The second-order valence-electron chi connectivity index (χ2n) is 2.09. The molecule has 0 amide bonds. The molecule has 0 N–H and O–H groups in total. The predicted molar refractivity (Wildman–Crippen MR) is 49.3 cm³/mol. The number of thiol groups is 1. The summed E-state index contributed by atoms with van der Waals surface area (Å²) in [5.74, 6) is 0.536. The first-order valence-electron chi connectivity index (χ1n) is 3.14. The van der Waals surface area contributed by atoms with E-state index in [0.717, 1.165) is 5.56 Å². The third-order valence-corrected chi connectivity index (χ3v) is 1.94. The van der Waals surface area contributed by atoms with Gasteiger partial charge in [-0.25, -0.2) is 0 Å². The zero-order chi connectivity index (χ0) is 8.27. The van der Waals surface area contributed by atoms with Crippen molar-refractivity contribution in [1.82, 2.24) is 0 Å². The van der Waals surface area contributed by atoms with Crippen LogP contribution in [0.15, 0.2) is 24.3 Å². The van der Waals surface area contributed by atoms with Crippen molar-refractivity contribution in [1.29, 1.82) is 0 Å². The van der Waals surface area contributed by atoms with Crippen molar-refractivity contribution < 1.29 is 4.79 Å². The largest absolute Gasteiger partial charge is 0.276 e. The molecule has 0 aliphatic rings. The summed E-state index contributed by atoms with van der Waals surface area (Å²) in [5.41, 5.74) is 1.42. The second-order valence-corrected chi connectivity index (χ2v) is 2.75. The minimum absolute atomic E-state index is 0.422. The van der Waals surface area contributed by atoms with Gasteiger partial charge in [0.25, 0.3) is 5.24 Å². The average Bonchev–Trinajstić information content (AvgIpc) is 2.04. The molecule has 11 heavy (non-hydrogen) atoms. The van der Waals surface area contributed by atoms with Crippen molar-refractivity contribution in [2.75, 3.05) is 0 Å². The molecule has 0 saturated carbocycles. The van der Waals surface area contributed by atoms with Crippen molar-refractivity contribution in [3.8, 4) is 0 Å². The van der Waals surface area contributed by atoms with E-state index >= 15 is 0 Å².